The molecule has 1 amide bonds. The molecule has 21 heavy (non-hydrogen) atoms. The fraction of sp³-hybridized carbons (Fsp3) is 0.357. The fourth-order valence-electron chi connectivity index (χ4n) is 1.80. The molecular weight excluding hydrogens is 276 g/mol. The molecule has 0 saturated heterocycles. The molecule has 7 nitrogen and oxygen atoms in total. The van der Waals surface area contributed by atoms with Crippen molar-refractivity contribution in [1.82, 2.24) is 10.2 Å². The zero-order valence-electron chi connectivity index (χ0n) is 11.5. The first kappa shape index (κ1) is 16.6. The Hall–Kier alpha value is -2.41. The minimum Gasteiger partial charge on any atom is -0.480 e. The van der Waals surface area contributed by atoms with Gasteiger partial charge in [-0.25, -0.2) is 0 Å². The summed E-state index contributed by atoms with van der Waals surface area (Å²) in [5, 5.41) is 20.0. The van der Waals surface area contributed by atoms with Crippen LogP contribution in [0.15, 0.2) is 30.3 Å². The molecule has 1 rings (SSSR count). The van der Waals surface area contributed by atoms with Crippen molar-refractivity contribution in [3.8, 4) is 0 Å². The molecule has 0 aliphatic rings. The van der Waals surface area contributed by atoms with E-state index in [2.05, 4.69) is 5.32 Å². The third-order valence-corrected chi connectivity index (χ3v) is 2.66. The van der Waals surface area contributed by atoms with Crippen LogP contribution in [0.3, 0.4) is 0 Å². The number of hydrogen-bond donors (Lipinski definition) is 3. The number of hydrogen-bond acceptors (Lipinski definition) is 4. The van der Waals surface area contributed by atoms with Gasteiger partial charge in [-0.1, -0.05) is 30.3 Å². The van der Waals surface area contributed by atoms with Gasteiger partial charge < -0.3 is 15.5 Å². The van der Waals surface area contributed by atoms with Crippen LogP contribution in [0, 0.1) is 0 Å². The minimum absolute atomic E-state index is 0.257. The first-order chi connectivity index (χ1) is 9.97. The highest BCUT2D eigenvalue weighted by Gasteiger charge is 2.16. The molecule has 0 fully saturated rings. The van der Waals surface area contributed by atoms with Crippen LogP contribution in [0.1, 0.15) is 5.56 Å². The van der Waals surface area contributed by atoms with Gasteiger partial charge in [0.05, 0.1) is 19.6 Å². The summed E-state index contributed by atoms with van der Waals surface area (Å²) in [6.07, 6.45) is 0.657. The molecule has 0 unspecified atom stereocenters. The predicted octanol–water partition coefficient (Wildman–Crippen LogP) is -0.183. The van der Waals surface area contributed by atoms with Crippen LogP contribution in [0.5, 0.6) is 0 Å². The van der Waals surface area contributed by atoms with E-state index in [1.165, 1.54) is 0 Å². The Morgan fingerprint density at radius 3 is 2.05 bits per heavy atom. The maximum Gasteiger partial charge on any atom is 0.317 e. The second-order valence-corrected chi connectivity index (χ2v) is 4.52. The number of benzene rings is 1. The summed E-state index contributed by atoms with van der Waals surface area (Å²) in [7, 11) is 0. The maximum atomic E-state index is 11.7. The van der Waals surface area contributed by atoms with Crippen molar-refractivity contribution >= 4 is 17.8 Å². The smallest absolute Gasteiger partial charge is 0.317 e. The summed E-state index contributed by atoms with van der Waals surface area (Å²) < 4.78 is 0. The van der Waals surface area contributed by atoms with Crippen molar-refractivity contribution in [3.63, 3.8) is 0 Å². The molecule has 0 aliphatic heterocycles. The lowest BCUT2D eigenvalue weighted by Crippen LogP contribution is -2.42. The lowest BCUT2D eigenvalue weighted by Gasteiger charge is -2.17. The Morgan fingerprint density at radius 1 is 0.952 bits per heavy atom. The van der Waals surface area contributed by atoms with Crippen molar-refractivity contribution in [1.29, 1.82) is 0 Å². The number of nitrogens with zero attached hydrogens (tertiary/aromatic N) is 1. The van der Waals surface area contributed by atoms with Gasteiger partial charge in [0.15, 0.2) is 0 Å². The van der Waals surface area contributed by atoms with Crippen LogP contribution in [0.2, 0.25) is 0 Å². The van der Waals surface area contributed by atoms with Gasteiger partial charge in [-0.2, -0.15) is 0 Å². The number of nitrogens with one attached hydrogen (secondary N) is 1. The number of carboxylic acid groups (broad SMARTS) is 2. The highest BCUT2D eigenvalue weighted by atomic mass is 16.4. The quantitative estimate of drug-likeness (QED) is 0.583. The van der Waals surface area contributed by atoms with Crippen molar-refractivity contribution in [2.24, 2.45) is 0 Å². The van der Waals surface area contributed by atoms with Crippen LogP contribution in [0.4, 0.5) is 0 Å². The van der Waals surface area contributed by atoms with E-state index in [4.69, 9.17) is 10.2 Å². The SMILES string of the molecule is O=C(O)CN(CC(=O)O)CC(=O)NCCc1ccccc1. The predicted molar refractivity (Wildman–Crippen MR) is 74.9 cm³/mol. The summed E-state index contributed by atoms with van der Waals surface area (Å²) in [5.41, 5.74) is 1.07. The van der Waals surface area contributed by atoms with Gasteiger partial charge in [-0.15, -0.1) is 0 Å². The lowest BCUT2D eigenvalue weighted by atomic mass is 10.1. The van der Waals surface area contributed by atoms with Crippen molar-refractivity contribution < 1.29 is 24.6 Å². The molecule has 0 aromatic heterocycles. The number of aliphatic carboxylic acids is 2. The van der Waals surface area contributed by atoms with E-state index >= 15 is 0 Å². The Labute approximate surface area is 122 Å². The topological polar surface area (TPSA) is 107 Å². The first-order valence-corrected chi connectivity index (χ1v) is 6.44. The van der Waals surface area contributed by atoms with E-state index in [9.17, 15) is 14.4 Å². The van der Waals surface area contributed by atoms with E-state index in [1.54, 1.807) is 0 Å². The molecule has 0 heterocycles. The van der Waals surface area contributed by atoms with Gasteiger partial charge in [0.1, 0.15) is 0 Å². The summed E-state index contributed by atoms with van der Waals surface area (Å²) in [6.45, 7) is -0.818. The van der Waals surface area contributed by atoms with Gasteiger partial charge in [0.2, 0.25) is 5.91 Å². The van der Waals surface area contributed by atoms with Crippen LogP contribution in [0.25, 0.3) is 0 Å². The third kappa shape index (κ3) is 7.68. The van der Waals surface area contributed by atoms with E-state index < -0.39 is 30.9 Å². The molecule has 0 spiro atoms. The molecule has 1 aromatic carbocycles. The van der Waals surface area contributed by atoms with Gasteiger partial charge in [0, 0.05) is 6.54 Å². The zero-order chi connectivity index (χ0) is 15.7. The normalized spacial score (nSPS) is 10.3. The fourth-order valence-corrected chi connectivity index (χ4v) is 1.80. The molecule has 114 valence electrons. The lowest BCUT2D eigenvalue weighted by molar-refractivity contribution is -0.142. The van der Waals surface area contributed by atoms with Crippen molar-refractivity contribution in [2.45, 2.75) is 6.42 Å². The molecule has 1 aromatic rings. The van der Waals surface area contributed by atoms with E-state index in [1.807, 2.05) is 30.3 Å². The van der Waals surface area contributed by atoms with Gasteiger partial charge in [-0.05, 0) is 12.0 Å². The Bertz CT molecular complexity index is 473. The van der Waals surface area contributed by atoms with E-state index in [-0.39, 0.29) is 6.54 Å². The number of amides is 1. The van der Waals surface area contributed by atoms with Gasteiger partial charge >= 0.3 is 11.9 Å². The summed E-state index contributed by atoms with van der Waals surface area (Å²) in [6, 6.07) is 9.58. The Kier molecular flexibility index (Phi) is 6.90. The van der Waals surface area contributed by atoms with E-state index in [0.717, 1.165) is 10.5 Å². The molecule has 0 aliphatic carbocycles. The highest BCUT2D eigenvalue weighted by Crippen LogP contribution is 1.98. The number of carboxylic acids is 2. The molecule has 7 heteroatoms. The number of carbonyl (C=O) groups excluding carboxylic acids is 1. The second kappa shape index (κ2) is 8.70. The molecule has 3 N–H and O–H groups in total. The van der Waals surface area contributed by atoms with Crippen LogP contribution < -0.4 is 5.32 Å². The third-order valence-electron chi connectivity index (χ3n) is 2.66. The summed E-state index contributed by atoms with van der Waals surface area (Å²) in [5.74, 6) is -2.74. The summed E-state index contributed by atoms with van der Waals surface area (Å²) in [4.78, 5) is 33.9. The number of carbonyl (C=O) groups is 3. The van der Waals surface area contributed by atoms with Crippen LogP contribution >= 0.6 is 0 Å². The second-order valence-electron chi connectivity index (χ2n) is 4.52. The van der Waals surface area contributed by atoms with Gasteiger partial charge in [-0.3, -0.25) is 19.3 Å². The minimum atomic E-state index is -1.17. The maximum absolute atomic E-state index is 11.7. The highest BCUT2D eigenvalue weighted by molar-refractivity contribution is 5.80. The first-order valence-electron chi connectivity index (χ1n) is 6.44. The monoisotopic (exact) mass is 294 g/mol. The molecule has 0 atom stereocenters. The molecule has 0 radical (unpaired) electrons. The summed E-state index contributed by atoms with van der Waals surface area (Å²) >= 11 is 0. The van der Waals surface area contributed by atoms with E-state index in [0.29, 0.717) is 13.0 Å². The van der Waals surface area contributed by atoms with Crippen molar-refractivity contribution in [2.75, 3.05) is 26.2 Å². The number of rotatable bonds is 9. The standard InChI is InChI=1S/C14H18N2O5/c17-12(8-16(9-13(18)19)10-14(20)21)15-7-6-11-4-2-1-3-5-11/h1-5H,6-10H2,(H,15,17)(H,18,19)(H,20,21). The average Bonchev–Trinajstić information content (AvgIpc) is 2.38. The van der Waals surface area contributed by atoms with Crippen LogP contribution in [-0.2, 0) is 20.8 Å². The Morgan fingerprint density at radius 2 is 1.52 bits per heavy atom. The van der Waals surface area contributed by atoms with Crippen molar-refractivity contribution in [3.05, 3.63) is 35.9 Å². The zero-order valence-corrected chi connectivity index (χ0v) is 11.5. The molecular formula is C14H18N2O5. The van der Waals surface area contributed by atoms with Gasteiger partial charge in [0.25, 0.3) is 0 Å². The average molecular weight is 294 g/mol. The molecule has 0 saturated carbocycles. The Balaban J connectivity index is 2.35. The van der Waals surface area contributed by atoms with Crippen LogP contribution in [-0.4, -0.2) is 59.1 Å². The largest absolute Gasteiger partial charge is 0.480 e. The molecule has 0 bridgehead atoms.